The Morgan fingerprint density at radius 2 is 1.79 bits per heavy atom. The summed E-state index contributed by atoms with van der Waals surface area (Å²) in [6.07, 6.45) is 0.324. The van der Waals surface area contributed by atoms with Crippen LogP contribution >= 0.6 is 0 Å². The summed E-state index contributed by atoms with van der Waals surface area (Å²) in [5.41, 5.74) is 7.00. The molecule has 0 bridgehead atoms. The van der Waals surface area contributed by atoms with Crippen molar-refractivity contribution >= 4 is 0 Å². The molecule has 108 valence electrons. The molecule has 0 fully saturated rings. The molecule has 2 atom stereocenters. The lowest BCUT2D eigenvalue weighted by Gasteiger charge is -2.28. The minimum absolute atomic E-state index is 0.0186. The van der Waals surface area contributed by atoms with E-state index in [0.29, 0.717) is 13.2 Å². The topological polar surface area (TPSA) is 55.5 Å². The lowest BCUT2D eigenvalue weighted by molar-refractivity contribution is 0.0972. The minimum Gasteiger partial charge on any atom is -0.494 e. The molecule has 2 unspecified atom stereocenters. The number of hydrogen-bond acceptors (Lipinski definition) is 3. The van der Waals surface area contributed by atoms with E-state index in [9.17, 15) is 5.11 Å². The highest BCUT2D eigenvalue weighted by atomic mass is 16.5. The van der Waals surface area contributed by atoms with Crippen molar-refractivity contribution in [3.8, 4) is 5.75 Å². The van der Waals surface area contributed by atoms with E-state index in [-0.39, 0.29) is 11.3 Å². The molecular weight excluding hydrogens is 238 g/mol. The van der Waals surface area contributed by atoms with Gasteiger partial charge in [-0.2, -0.15) is 0 Å². The quantitative estimate of drug-likeness (QED) is 0.831. The van der Waals surface area contributed by atoms with E-state index in [4.69, 9.17) is 10.5 Å². The van der Waals surface area contributed by atoms with E-state index in [0.717, 1.165) is 17.7 Å². The maximum atomic E-state index is 10.4. The molecule has 0 saturated carbocycles. The molecule has 0 aromatic heterocycles. The zero-order valence-corrected chi connectivity index (χ0v) is 12.5. The van der Waals surface area contributed by atoms with Crippen LogP contribution in [-0.4, -0.2) is 24.4 Å². The van der Waals surface area contributed by atoms with Crippen LogP contribution in [0.15, 0.2) is 24.3 Å². The van der Waals surface area contributed by atoms with Crippen molar-refractivity contribution in [1.29, 1.82) is 0 Å². The summed E-state index contributed by atoms with van der Waals surface area (Å²) < 4.78 is 5.42. The van der Waals surface area contributed by atoms with Crippen molar-refractivity contribution in [2.75, 3.05) is 13.2 Å². The zero-order chi connectivity index (χ0) is 14.5. The van der Waals surface area contributed by atoms with E-state index >= 15 is 0 Å². The number of benzene rings is 1. The second kappa shape index (κ2) is 6.92. The van der Waals surface area contributed by atoms with Crippen LogP contribution in [0.5, 0.6) is 5.75 Å². The molecule has 3 heteroatoms. The van der Waals surface area contributed by atoms with Crippen molar-refractivity contribution in [3.63, 3.8) is 0 Å². The van der Waals surface area contributed by atoms with E-state index < -0.39 is 6.10 Å². The molecule has 0 saturated heterocycles. The Labute approximate surface area is 116 Å². The molecule has 0 spiro atoms. The summed E-state index contributed by atoms with van der Waals surface area (Å²) in [4.78, 5) is 0. The van der Waals surface area contributed by atoms with E-state index in [1.54, 1.807) is 0 Å². The summed E-state index contributed by atoms with van der Waals surface area (Å²) in [5.74, 6) is 0.835. The fourth-order valence-electron chi connectivity index (χ4n) is 2.26. The van der Waals surface area contributed by atoms with Crippen molar-refractivity contribution in [2.45, 2.75) is 46.1 Å². The first-order chi connectivity index (χ1) is 8.87. The molecule has 0 amide bonds. The number of ether oxygens (including phenoxy) is 1. The second-order valence-electron chi connectivity index (χ2n) is 6.18. The maximum Gasteiger partial charge on any atom is 0.119 e. The summed E-state index contributed by atoms with van der Waals surface area (Å²) in [7, 11) is 0. The van der Waals surface area contributed by atoms with Crippen molar-refractivity contribution in [1.82, 2.24) is 0 Å². The lowest BCUT2D eigenvalue weighted by atomic mass is 9.82. The molecule has 0 aliphatic carbocycles. The minimum atomic E-state index is -0.414. The standard InChI is InChI=1S/C16H27NO2/c1-5-19-13-8-6-12(7-9-13)14(11-17)15(18)10-16(2,3)4/h6-9,14-15,18H,5,10-11,17H2,1-4H3. The van der Waals surface area contributed by atoms with Crippen LogP contribution in [0.4, 0.5) is 0 Å². The molecule has 19 heavy (non-hydrogen) atoms. The predicted molar refractivity (Wildman–Crippen MR) is 79.5 cm³/mol. The average Bonchev–Trinajstić information content (AvgIpc) is 2.30. The van der Waals surface area contributed by atoms with Gasteiger partial charge >= 0.3 is 0 Å². The van der Waals surface area contributed by atoms with Crippen LogP contribution in [0.1, 0.15) is 45.6 Å². The summed E-state index contributed by atoms with van der Waals surface area (Å²) in [6, 6.07) is 7.86. The Morgan fingerprint density at radius 1 is 1.21 bits per heavy atom. The molecule has 3 N–H and O–H groups in total. The molecular formula is C16H27NO2. The van der Waals surface area contributed by atoms with Gasteiger partial charge in [-0.25, -0.2) is 0 Å². The molecule has 1 aromatic carbocycles. The van der Waals surface area contributed by atoms with Gasteiger partial charge in [0.25, 0.3) is 0 Å². The van der Waals surface area contributed by atoms with Crippen LogP contribution in [0, 0.1) is 5.41 Å². The third-order valence-electron chi connectivity index (χ3n) is 3.16. The van der Waals surface area contributed by atoms with Crippen molar-refractivity contribution in [3.05, 3.63) is 29.8 Å². The van der Waals surface area contributed by atoms with Gasteiger partial charge in [0.05, 0.1) is 12.7 Å². The first-order valence-electron chi connectivity index (χ1n) is 6.98. The molecule has 1 aromatic rings. The smallest absolute Gasteiger partial charge is 0.119 e. The zero-order valence-electron chi connectivity index (χ0n) is 12.5. The molecule has 0 heterocycles. The van der Waals surface area contributed by atoms with Gasteiger partial charge in [0.15, 0.2) is 0 Å². The van der Waals surface area contributed by atoms with Crippen LogP contribution in [-0.2, 0) is 0 Å². The van der Waals surface area contributed by atoms with E-state index in [1.807, 2.05) is 31.2 Å². The van der Waals surface area contributed by atoms with Crippen LogP contribution < -0.4 is 10.5 Å². The Hall–Kier alpha value is -1.06. The first kappa shape index (κ1) is 16.0. The van der Waals surface area contributed by atoms with E-state index in [2.05, 4.69) is 20.8 Å². The fourth-order valence-corrected chi connectivity index (χ4v) is 2.26. The van der Waals surface area contributed by atoms with Crippen molar-refractivity contribution < 1.29 is 9.84 Å². The highest BCUT2D eigenvalue weighted by Gasteiger charge is 2.25. The molecule has 0 radical (unpaired) electrons. The van der Waals surface area contributed by atoms with Gasteiger partial charge in [-0.15, -0.1) is 0 Å². The van der Waals surface area contributed by atoms with E-state index in [1.165, 1.54) is 0 Å². The number of aliphatic hydroxyl groups excluding tert-OH is 1. The number of aliphatic hydroxyl groups is 1. The highest BCUT2D eigenvalue weighted by molar-refractivity contribution is 5.30. The Bertz CT molecular complexity index is 367. The Morgan fingerprint density at radius 3 is 2.21 bits per heavy atom. The lowest BCUT2D eigenvalue weighted by Crippen LogP contribution is -2.29. The third kappa shape index (κ3) is 5.21. The number of rotatable bonds is 6. The highest BCUT2D eigenvalue weighted by Crippen LogP contribution is 2.29. The first-order valence-corrected chi connectivity index (χ1v) is 6.98. The van der Waals surface area contributed by atoms with Crippen LogP contribution in [0.25, 0.3) is 0 Å². The second-order valence-corrected chi connectivity index (χ2v) is 6.18. The fraction of sp³-hybridized carbons (Fsp3) is 0.625. The van der Waals surface area contributed by atoms with Crippen LogP contribution in [0.3, 0.4) is 0 Å². The average molecular weight is 265 g/mol. The largest absolute Gasteiger partial charge is 0.494 e. The van der Waals surface area contributed by atoms with Gasteiger partial charge in [-0.1, -0.05) is 32.9 Å². The van der Waals surface area contributed by atoms with Gasteiger partial charge in [0.2, 0.25) is 0 Å². The van der Waals surface area contributed by atoms with Gasteiger partial charge in [-0.3, -0.25) is 0 Å². The van der Waals surface area contributed by atoms with Crippen LogP contribution in [0.2, 0.25) is 0 Å². The Balaban J connectivity index is 2.78. The molecule has 1 rings (SSSR count). The van der Waals surface area contributed by atoms with Gasteiger partial charge < -0.3 is 15.6 Å². The summed E-state index contributed by atoms with van der Waals surface area (Å²) >= 11 is 0. The van der Waals surface area contributed by atoms with Crippen molar-refractivity contribution in [2.24, 2.45) is 11.1 Å². The summed E-state index contributed by atoms with van der Waals surface area (Å²) in [5, 5.41) is 10.4. The van der Waals surface area contributed by atoms with Gasteiger partial charge in [-0.05, 0) is 36.5 Å². The predicted octanol–water partition coefficient (Wildman–Crippen LogP) is 2.92. The Kier molecular flexibility index (Phi) is 5.83. The third-order valence-corrected chi connectivity index (χ3v) is 3.16. The number of hydrogen-bond donors (Lipinski definition) is 2. The van der Waals surface area contributed by atoms with Gasteiger partial charge in [0, 0.05) is 12.5 Å². The summed E-state index contributed by atoms with van der Waals surface area (Å²) in [6.45, 7) is 9.45. The molecule has 0 aliphatic heterocycles. The normalized spacial score (nSPS) is 15.1. The van der Waals surface area contributed by atoms with Gasteiger partial charge in [0.1, 0.15) is 5.75 Å². The maximum absolute atomic E-state index is 10.4. The SMILES string of the molecule is CCOc1ccc(C(CN)C(O)CC(C)(C)C)cc1. The molecule has 3 nitrogen and oxygen atoms in total. The monoisotopic (exact) mass is 265 g/mol. The molecule has 0 aliphatic rings. The number of nitrogens with two attached hydrogens (primary N) is 1.